The molecule has 1 aromatic carbocycles. The molecular weight excluding hydrogens is 294 g/mol. The number of aromatic nitrogens is 1. The summed E-state index contributed by atoms with van der Waals surface area (Å²) in [5, 5.41) is 6.68. The lowest BCUT2D eigenvalue weighted by Crippen LogP contribution is -2.28. The van der Waals surface area contributed by atoms with Crippen molar-refractivity contribution in [2.24, 2.45) is 5.16 Å². The molecule has 1 amide bonds. The molecule has 0 fully saturated rings. The predicted molar refractivity (Wildman–Crippen MR) is 86.4 cm³/mol. The number of oxime groups is 1. The predicted octanol–water partition coefficient (Wildman–Crippen LogP) is 3.24. The maximum atomic E-state index is 12.2. The molecule has 3 rings (SSSR count). The van der Waals surface area contributed by atoms with Gasteiger partial charge in [-0.2, -0.15) is 4.98 Å². The van der Waals surface area contributed by atoms with E-state index in [1.807, 2.05) is 45.0 Å². The summed E-state index contributed by atoms with van der Waals surface area (Å²) in [6, 6.07) is 8.07. The van der Waals surface area contributed by atoms with Crippen molar-refractivity contribution >= 4 is 17.6 Å². The third kappa shape index (κ3) is 3.26. The van der Waals surface area contributed by atoms with Gasteiger partial charge in [0.1, 0.15) is 6.26 Å². The van der Waals surface area contributed by atoms with Crippen LogP contribution < -0.4 is 5.32 Å². The van der Waals surface area contributed by atoms with Crippen molar-refractivity contribution in [1.29, 1.82) is 0 Å². The van der Waals surface area contributed by atoms with Crippen molar-refractivity contribution in [2.75, 3.05) is 5.32 Å². The summed E-state index contributed by atoms with van der Waals surface area (Å²) in [7, 11) is 0. The van der Waals surface area contributed by atoms with Gasteiger partial charge in [0, 0.05) is 12.0 Å². The highest BCUT2D eigenvalue weighted by Crippen LogP contribution is 2.21. The van der Waals surface area contributed by atoms with Crippen molar-refractivity contribution in [2.45, 2.75) is 39.2 Å². The van der Waals surface area contributed by atoms with Crippen LogP contribution >= 0.6 is 0 Å². The highest BCUT2D eigenvalue weighted by atomic mass is 16.6. The zero-order valence-electron chi connectivity index (χ0n) is 13.4. The molecule has 6 heteroatoms. The Balaban J connectivity index is 1.63. The number of nitrogens with one attached hydrogen (secondary N) is 1. The van der Waals surface area contributed by atoms with E-state index in [2.05, 4.69) is 15.5 Å². The second-order valence-corrected chi connectivity index (χ2v) is 5.87. The average Bonchev–Trinajstić information content (AvgIpc) is 3.16. The Hall–Kier alpha value is -2.63. The smallest absolute Gasteiger partial charge is 0.301 e. The lowest BCUT2D eigenvalue weighted by molar-refractivity contribution is -0.125. The van der Waals surface area contributed by atoms with Crippen LogP contribution in [0.2, 0.25) is 0 Å². The zero-order chi connectivity index (χ0) is 16.4. The number of hydrogen-bond acceptors (Lipinski definition) is 5. The summed E-state index contributed by atoms with van der Waals surface area (Å²) in [4.78, 5) is 21.7. The molecule has 1 aliphatic heterocycles. The average molecular weight is 313 g/mol. The third-order valence-electron chi connectivity index (χ3n) is 3.76. The molecule has 1 aromatic heterocycles. The van der Waals surface area contributed by atoms with Gasteiger partial charge in [-0.1, -0.05) is 43.3 Å². The lowest BCUT2D eigenvalue weighted by atomic mass is 10.0. The Bertz CT molecular complexity index is 749. The Morgan fingerprint density at radius 1 is 1.35 bits per heavy atom. The third-order valence-corrected chi connectivity index (χ3v) is 3.76. The normalized spacial score (nSPS) is 17.0. The molecule has 2 aromatic rings. The number of carbonyl (C=O) groups excluding carboxylic acids is 1. The molecule has 0 radical (unpaired) electrons. The van der Waals surface area contributed by atoms with E-state index in [1.54, 1.807) is 6.26 Å². The van der Waals surface area contributed by atoms with Crippen LogP contribution in [0.5, 0.6) is 0 Å². The van der Waals surface area contributed by atoms with Crippen molar-refractivity contribution in [3.8, 4) is 0 Å². The number of benzene rings is 1. The molecule has 0 bridgehead atoms. The SMILES string of the molecule is Cc1ccccc1C1=NOC(C(=O)Nc2nc(C(C)C)co2)C1. The largest absolute Gasteiger partial charge is 0.432 e. The fraction of sp³-hybridized carbons (Fsp3) is 0.353. The minimum absolute atomic E-state index is 0.187. The van der Waals surface area contributed by atoms with E-state index >= 15 is 0 Å². The van der Waals surface area contributed by atoms with Gasteiger partial charge in [0.25, 0.3) is 5.91 Å². The van der Waals surface area contributed by atoms with Crippen LogP contribution in [0.15, 0.2) is 40.1 Å². The molecule has 1 aliphatic rings. The first-order chi connectivity index (χ1) is 11.0. The number of aryl methyl sites for hydroxylation is 1. The highest BCUT2D eigenvalue weighted by molar-refractivity contribution is 6.06. The standard InChI is InChI=1S/C17H19N3O3/c1-10(2)14-9-22-17(18-14)19-16(21)15-8-13(20-23-15)12-7-5-4-6-11(12)3/h4-7,9-10,15H,8H2,1-3H3,(H,18,19,21). The summed E-state index contributed by atoms with van der Waals surface area (Å²) in [5.41, 5.74) is 3.68. The summed E-state index contributed by atoms with van der Waals surface area (Å²) in [5.74, 6) is -0.0717. The number of nitrogens with zero attached hydrogens (tertiary/aromatic N) is 2. The molecule has 2 heterocycles. The van der Waals surface area contributed by atoms with Crippen molar-refractivity contribution in [1.82, 2.24) is 4.98 Å². The van der Waals surface area contributed by atoms with Crippen LogP contribution in [-0.2, 0) is 9.63 Å². The number of amides is 1. The Morgan fingerprint density at radius 3 is 2.83 bits per heavy atom. The minimum atomic E-state index is -0.668. The number of oxazole rings is 1. The van der Waals surface area contributed by atoms with Crippen LogP contribution in [0.25, 0.3) is 0 Å². The molecular formula is C17H19N3O3. The van der Waals surface area contributed by atoms with Crippen LogP contribution in [-0.4, -0.2) is 22.7 Å². The van der Waals surface area contributed by atoms with Crippen LogP contribution in [0.1, 0.15) is 43.0 Å². The van der Waals surface area contributed by atoms with E-state index in [1.165, 1.54) is 0 Å². The van der Waals surface area contributed by atoms with Gasteiger partial charge in [0.2, 0.25) is 6.10 Å². The van der Waals surface area contributed by atoms with Gasteiger partial charge in [-0.05, 0) is 18.4 Å². The maximum Gasteiger partial charge on any atom is 0.301 e. The summed E-state index contributed by atoms with van der Waals surface area (Å²) in [6.07, 6.45) is 1.30. The van der Waals surface area contributed by atoms with Gasteiger partial charge in [-0.25, -0.2) is 0 Å². The van der Waals surface area contributed by atoms with E-state index in [0.717, 1.165) is 22.5 Å². The first-order valence-corrected chi connectivity index (χ1v) is 7.59. The van der Waals surface area contributed by atoms with Crippen molar-refractivity contribution in [3.63, 3.8) is 0 Å². The summed E-state index contributed by atoms with van der Waals surface area (Å²) < 4.78 is 5.25. The van der Waals surface area contributed by atoms with Crippen LogP contribution in [0, 0.1) is 6.92 Å². The second-order valence-electron chi connectivity index (χ2n) is 5.87. The van der Waals surface area contributed by atoms with Gasteiger partial charge >= 0.3 is 6.01 Å². The van der Waals surface area contributed by atoms with Gasteiger partial charge in [-0.15, -0.1) is 0 Å². The minimum Gasteiger partial charge on any atom is -0.432 e. The fourth-order valence-corrected chi connectivity index (χ4v) is 2.37. The highest BCUT2D eigenvalue weighted by Gasteiger charge is 2.30. The van der Waals surface area contributed by atoms with Crippen LogP contribution in [0.3, 0.4) is 0 Å². The first-order valence-electron chi connectivity index (χ1n) is 7.59. The monoisotopic (exact) mass is 313 g/mol. The Morgan fingerprint density at radius 2 is 2.13 bits per heavy atom. The quantitative estimate of drug-likeness (QED) is 0.940. The van der Waals surface area contributed by atoms with Gasteiger partial charge in [0.05, 0.1) is 11.4 Å². The number of hydrogen-bond donors (Lipinski definition) is 1. The van der Waals surface area contributed by atoms with Crippen molar-refractivity contribution < 1.29 is 14.0 Å². The number of carbonyl (C=O) groups is 1. The molecule has 23 heavy (non-hydrogen) atoms. The van der Waals surface area contributed by atoms with E-state index in [4.69, 9.17) is 9.25 Å². The molecule has 0 saturated carbocycles. The summed E-state index contributed by atoms with van der Waals surface area (Å²) >= 11 is 0. The molecule has 6 nitrogen and oxygen atoms in total. The maximum absolute atomic E-state index is 12.2. The van der Waals surface area contributed by atoms with Crippen LogP contribution in [0.4, 0.5) is 6.01 Å². The molecule has 1 unspecified atom stereocenters. The Kier molecular flexibility index (Phi) is 4.14. The molecule has 0 saturated heterocycles. The molecule has 1 atom stereocenters. The van der Waals surface area contributed by atoms with E-state index < -0.39 is 6.10 Å². The Labute approximate surface area is 134 Å². The fourth-order valence-electron chi connectivity index (χ4n) is 2.37. The lowest BCUT2D eigenvalue weighted by Gasteiger charge is -2.07. The van der Waals surface area contributed by atoms with E-state index in [-0.39, 0.29) is 17.8 Å². The summed E-state index contributed by atoms with van der Waals surface area (Å²) in [6.45, 7) is 6.02. The number of rotatable bonds is 4. The molecule has 1 N–H and O–H groups in total. The van der Waals surface area contributed by atoms with Crippen molar-refractivity contribution in [3.05, 3.63) is 47.3 Å². The van der Waals surface area contributed by atoms with E-state index in [9.17, 15) is 4.79 Å². The molecule has 0 aliphatic carbocycles. The second kappa shape index (κ2) is 6.24. The zero-order valence-corrected chi connectivity index (χ0v) is 13.4. The number of anilines is 1. The topological polar surface area (TPSA) is 76.7 Å². The van der Waals surface area contributed by atoms with Gasteiger partial charge in [-0.3, -0.25) is 10.1 Å². The molecule has 0 spiro atoms. The molecule has 120 valence electrons. The van der Waals surface area contributed by atoms with Gasteiger partial charge in [0.15, 0.2) is 0 Å². The van der Waals surface area contributed by atoms with E-state index in [0.29, 0.717) is 6.42 Å². The van der Waals surface area contributed by atoms with Gasteiger partial charge < -0.3 is 9.25 Å². The first kappa shape index (κ1) is 15.3.